The van der Waals surface area contributed by atoms with Crippen LogP contribution >= 0.6 is 15.9 Å². The fourth-order valence-corrected chi connectivity index (χ4v) is 3.56. The summed E-state index contributed by atoms with van der Waals surface area (Å²) in [4.78, 5) is 3.91. The number of rotatable bonds is 8. The highest BCUT2D eigenvalue weighted by Gasteiger charge is 2.15. The average molecular weight is 335 g/mol. The van der Waals surface area contributed by atoms with E-state index in [1.165, 1.54) is 0 Å². The molecule has 0 fully saturated rings. The van der Waals surface area contributed by atoms with Crippen molar-refractivity contribution in [3.8, 4) is 0 Å². The summed E-state index contributed by atoms with van der Waals surface area (Å²) in [6.07, 6.45) is 5.48. The van der Waals surface area contributed by atoms with E-state index in [0.717, 1.165) is 23.7 Å². The molecule has 0 aliphatic rings. The molecule has 1 aromatic rings. The minimum absolute atomic E-state index is 0.0202. The van der Waals surface area contributed by atoms with Crippen molar-refractivity contribution < 1.29 is 8.42 Å². The lowest BCUT2D eigenvalue weighted by Crippen LogP contribution is -2.36. The van der Waals surface area contributed by atoms with Crippen molar-refractivity contribution in [2.24, 2.45) is 0 Å². The maximum absolute atomic E-state index is 11.9. The van der Waals surface area contributed by atoms with Gasteiger partial charge in [0, 0.05) is 23.8 Å². The monoisotopic (exact) mass is 334 g/mol. The van der Waals surface area contributed by atoms with Gasteiger partial charge in [0.15, 0.2) is 0 Å². The van der Waals surface area contributed by atoms with Gasteiger partial charge in [-0.1, -0.05) is 22.9 Å². The normalized spacial score (nSPS) is 13.4. The van der Waals surface area contributed by atoms with Gasteiger partial charge in [-0.05, 0) is 37.0 Å². The van der Waals surface area contributed by atoms with E-state index in [1.807, 2.05) is 19.1 Å². The van der Waals surface area contributed by atoms with Gasteiger partial charge < -0.3 is 0 Å². The molecule has 0 saturated heterocycles. The number of nitrogens with one attached hydrogen (secondary N) is 1. The SMILES string of the molecule is CCC(CCBr)NS(=O)(=O)CCc1ccncc1. The van der Waals surface area contributed by atoms with Crippen LogP contribution in [0.4, 0.5) is 0 Å². The topological polar surface area (TPSA) is 59.1 Å². The molecule has 1 rings (SSSR count). The third-order valence-corrected chi connectivity index (χ3v) is 4.60. The van der Waals surface area contributed by atoms with Gasteiger partial charge in [-0.2, -0.15) is 0 Å². The van der Waals surface area contributed by atoms with Gasteiger partial charge in [0.25, 0.3) is 0 Å². The molecule has 0 saturated carbocycles. The molecular weight excluding hydrogens is 316 g/mol. The number of hydrogen-bond acceptors (Lipinski definition) is 3. The van der Waals surface area contributed by atoms with Crippen LogP contribution in [0.2, 0.25) is 0 Å². The van der Waals surface area contributed by atoms with Gasteiger partial charge in [-0.3, -0.25) is 4.98 Å². The lowest BCUT2D eigenvalue weighted by atomic mass is 10.2. The maximum Gasteiger partial charge on any atom is 0.212 e. The Labute approximate surface area is 117 Å². The fraction of sp³-hybridized carbons (Fsp3) is 0.583. The van der Waals surface area contributed by atoms with Crippen LogP contribution in [0.3, 0.4) is 0 Å². The largest absolute Gasteiger partial charge is 0.265 e. The Morgan fingerprint density at radius 1 is 1.39 bits per heavy atom. The molecule has 0 amide bonds. The molecule has 0 aliphatic heterocycles. The number of hydrogen-bond donors (Lipinski definition) is 1. The number of nitrogens with zero attached hydrogens (tertiary/aromatic N) is 1. The first kappa shape index (κ1) is 15.6. The highest BCUT2D eigenvalue weighted by Crippen LogP contribution is 2.05. The number of aromatic nitrogens is 1. The molecular formula is C12H19BrN2O2S. The molecule has 6 heteroatoms. The Morgan fingerprint density at radius 3 is 2.61 bits per heavy atom. The Bertz CT molecular complexity index is 437. The number of sulfonamides is 1. The summed E-state index contributed by atoms with van der Waals surface area (Å²) in [6, 6.07) is 3.70. The second-order valence-electron chi connectivity index (χ2n) is 4.13. The first-order chi connectivity index (χ1) is 8.57. The van der Waals surface area contributed by atoms with Crippen LogP contribution in [-0.2, 0) is 16.4 Å². The Balaban J connectivity index is 2.49. The average Bonchev–Trinajstić information content (AvgIpc) is 2.37. The van der Waals surface area contributed by atoms with E-state index in [0.29, 0.717) is 6.42 Å². The van der Waals surface area contributed by atoms with Crippen LogP contribution in [0.15, 0.2) is 24.5 Å². The molecule has 1 heterocycles. The molecule has 0 aliphatic carbocycles. The van der Waals surface area contributed by atoms with Crippen LogP contribution in [0.25, 0.3) is 0 Å². The van der Waals surface area contributed by atoms with Crippen LogP contribution in [-0.4, -0.2) is 30.5 Å². The summed E-state index contributed by atoms with van der Waals surface area (Å²) in [5.41, 5.74) is 0.990. The van der Waals surface area contributed by atoms with Gasteiger partial charge in [-0.15, -0.1) is 0 Å². The number of halogens is 1. The van der Waals surface area contributed by atoms with Crippen LogP contribution < -0.4 is 4.72 Å². The highest BCUT2D eigenvalue weighted by atomic mass is 79.9. The molecule has 4 nitrogen and oxygen atoms in total. The number of aryl methyl sites for hydroxylation is 1. The first-order valence-corrected chi connectivity index (χ1v) is 8.79. The third kappa shape index (κ3) is 5.93. The summed E-state index contributed by atoms with van der Waals surface area (Å²) in [5, 5.41) is 0.804. The Hall–Kier alpha value is -0.460. The maximum atomic E-state index is 11.9. The zero-order valence-corrected chi connectivity index (χ0v) is 12.9. The van der Waals surface area contributed by atoms with Gasteiger partial charge in [-0.25, -0.2) is 13.1 Å². The standard InChI is InChI=1S/C12H19BrN2O2S/c1-2-12(3-7-13)15-18(16,17)10-6-11-4-8-14-9-5-11/h4-5,8-9,12,15H,2-3,6-7,10H2,1H3. The molecule has 1 unspecified atom stereocenters. The smallest absolute Gasteiger partial charge is 0.212 e. The second-order valence-corrected chi connectivity index (χ2v) is 6.79. The molecule has 0 radical (unpaired) electrons. The minimum atomic E-state index is -3.20. The number of alkyl halides is 1. The minimum Gasteiger partial charge on any atom is -0.265 e. The summed E-state index contributed by atoms with van der Waals surface area (Å²) in [6.45, 7) is 1.98. The van der Waals surface area contributed by atoms with E-state index in [2.05, 4.69) is 25.6 Å². The quantitative estimate of drug-likeness (QED) is 0.740. The molecule has 0 spiro atoms. The van der Waals surface area contributed by atoms with Crippen LogP contribution in [0.1, 0.15) is 25.3 Å². The highest BCUT2D eigenvalue weighted by molar-refractivity contribution is 9.09. The lowest BCUT2D eigenvalue weighted by Gasteiger charge is -2.15. The van der Waals surface area contributed by atoms with Crippen LogP contribution in [0, 0.1) is 0 Å². The van der Waals surface area contributed by atoms with Crippen molar-refractivity contribution in [3.63, 3.8) is 0 Å². The van der Waals surface area contributed by atoms with E-state index in [1.54, 1.807) is 12.4 Å². The molecule has 102 valence electrons. The zero-order chi connectivity index (χ0) is 13.4. The molecule has 1 atom stereocenters. The predicted octanol–water partition coefficient (Wildman–Crippen LogP) is 2.11. The third-order valence-electron chi connectivity index (χ3n) is 2.71. The summed E-state index contributed by atoms with van der Waals surface area (Å²) in [5.74, 6) is 0.121. The molecule has 18 heavy (non-hydrogen) atoms. The molecule has 1 N–H and O–H groups in total. The van der Waals surface area contributed by atoms with Crippen molar-refractivity contribution >= 4 is 26.0 Å². The number of pyridine rings is 1. The lowest BCUT2D eigenvalue weighted by molar-refractivity contribution is 0.532. The van der Waals surface area contributed by atoms with E-state index in [-0.39, 0.29) is 11.8 Å². The Kier molecular flexibility index (Phi) is 6.81. The fourth-order valence-electron chi connectivity index (χ4n) is 1.59. The predicted molar refractivity (Wildman–Crippen MR) is 77.4 cm³/mol. The summed E-state index contributed by atoms with van der Waals surface area (Å²) >= 11 is 3.33. The van der Waals surface area contributed by atoms with E-state index in [9.17, 15) is 8.42 Å². The van der Waals surface area contributed by atoms with Crippen molar-refractivity contribution in [2.75, 3.05) is 11.1 Å². The summed E-state index contributed by atoms with van der Waals surface area (Å²) in [7, 11) is -3.20. The van der Waals surface area contributed by atoms with Crippen LogP contribution in [0.5, 0.6) is 0 Å². The van der Waals surface area contributed by atoms with Gasteiger partial charge in [0.1, 0.15) is 0 Å². The van der Waals surface area contributed by atoms with Crippen molar-refractivity contribution in [1.82, 2.24) is 9.71 Å². The van der Waals surface area contributed by atoms with Gasteiger partial charge in [0.2, 0.25) is 10.0 Å². The molecule has 0 bridgehead atoms. The molecule has 0 aromatic carbocycles. The van der Waals surface area contributed by atoms with E-state index in [4.69, 9.17) is 0 Å². The van der Waals surface area contributed by atoms with Gasteiger partial charge >= 0.3 is 0 Å². The van der Waals surface area contributed by atoms with Crippen molar-refractivity contribution in [1.29, 1.82) is 0 Å². The second kappa shape index (κ2) is 7.86. The Morgan fingerprint density at radius 2 is 2.06 bits per heavy atom. The van der Waals surface area contributed by atoms with Crippen molar-refractivity contribution in [2.45, 2.75) is 32.2 Å². The summed E-state index contributed by atoms with van der Waals surface area (Å²) < 4.78 is 26.6. The molecule has 1 aromatic heterocycles. The van der Waals surface area contributed by atoms with E-state index < -0.39 is 10.0 Å². The van der Waals surface area contributed by atoms with E-state index >= 15 is 0 Å². The van der Waals surface area contributed by atoms with Gasteiger partial charge in [0.05, 0.1) is 5.75 Å². The van der Waals surface area contributed by atoms with Crippen molar-refractivity contribution in [3.05, 3.63) is 30.1 Å². The first-order valence-electron chi connectivity index (χ1n) is 6.02. The zero-order valence-electron chi connectivity index (χ0n) is 10.5.